The second-order valence-electron chi connectivity index (χ2n) is 7.62. The number of hydrogen-bond donors (Lipinski definition) is 0. The van der Waals surface area contributed by atoms with E-state index in [1.165, 1.54) is 22.3 Å². The third-order valence-corrected chi connectivity index (χ3v) is 6.79. The summed E-state index contributed by atoms with van der Waals surface area (Å²) in [5, 5.41) is 12.2. The highest BCUT2D eigenvalue weighted by atomic mass is 32.1. The van der Waals surface area contributed by atoms with Crippen LogP contribution in [0.5, 0.6) is 5.75 Å². The molecule has 2 aliphatic heterocycles. The Kier molecular flexibility index (Phi) is 6.06. The van der Waals surface area contributed by atoms with Crippen LogP contribution in [-0.2, 0) is 18.9 Å². The molecule has 11 nitrogen and oxygen atoms in total. The van der Waals surface area contributed by atoms with Gasteiger partial charge in [-0.1, -0.05) is 0 Å². The summed E-state index contributed by atoms with van der Waals surface area (Å²) in [6.45, 7) is 4.73. The third-order valence-electron chi connectivity index (χ3n) is 5.60. The second-order valence-corrected chi connectivity index (χ2v) is 8.62. The molecule has 0 N–H and O–H groups in total. The molecule has 4 heterocycles. The van der Waals surface area contributed by atoms with Gasteiger partial charge in [0.05, 0.1) is 25.5 Å². The van der Waals surface area contributed by atoms with Gasteiger partial charge in [0.25, 0.3) is 0 Å². The number of tetrazole rings is 1. The van der Waals surface area contributed by atoms with E-state index in [1.54, 1.807) is 21.0 Å². The number of aromatic nitrogens is 5. The largest absolute Gasteiger partial charge is 0.483 e. The molecular formula is C21H23N5O6S. The van der Waals surface area contributed by atoms with Crippen LogP contribution in [0.3, 0.4) is 0 Å². The number of nitrogens with zero attached hydrogens (tertiary/aromatic N) is 5. The van der Waals surface area contributed by atoms with Crippen molar-refractivity contribution in [3.63, 3.8) is 0 Å². The van der Waals surface area contributed by atoms with Crippen molar-refractivity contribution in [2.75, 3.05) is 26.9 Å². The lowest BCUT2D eigenvalue weighted by atomic mass is 10.1. The number of carbonyl (C=O) groups is 1. The Morgan fingerprint density at radius 3 is 2.76 bits per heavy atom. The first-order valence-corrected chi connectivity index (χ1v) is 11.4. The molecule has 0 unspecified atom stereocenters. The van der Waals surface area contributed by atoms with Gasteiger partial charge in [0.15, 0.2) is 6.10 Å². The number of hydrogen-bond acceptors (Lipinski definition) is 11. The van der Waals surface area contributed by atoms with Crippen LogP contribution in [0.15, 0.2) is 24.5 Å². The van der Waals surface area contributed by atoms with Gasteiger partial charge in [-0.2, -0.15) is 4.68 Å². The molecule has 2 aliphatic rings. The molecule has 2 aromatic heterocycles. The van der Waals surface area contributed by atoms with E-state index in [0.29, 0.717) is 46.8 Å². The zero-order valence-electron chi connectivity index (χ0n) is 18.3. The summed E-state index contributed by atoms with van der Waals surface area (Å²) in [6, 6.07) is 5.60. The number of ether oxygens (including phenoxy) is 5. The number of rotatable bonds is 7. The Labute approximate surface area is 193 Å². The number of thiazole rings is 1. The lowest BCUT2D eigenvalue weighted by Gasteiger charge is -2.20. The van der Waals surface area contributed by atoms with Crippen LogP contribution in [0.1, 0.15) is 22.3 Å². The first-order chi connectivity index (χ1) is 16.1. The second kappa shape index (κ2) is 9.14. The van der Waals surface area contributed by atoms with Crippen molar-refractivity contribution in [1.82, 2.24) is 25.2 Å². The summed E-state index contributed by atoms with van der Waals surface area (Å²) in [7, 11) is 1.65. The molecule has 5 rings (SSSR count). The fourth-order valence-corrected chi connectivity index (χ4v) is 4.96. The number of fused-ring (bicyclic) bond motifs is 1. The van der Waals surface area contributed by atoms with Crippen LogP contribution in [0.2, 0.25) is 0 Å². The van der Waals surface area contributed by atoms with E-state index in [-0.39, 0.29) is 30.4 Å². The van der Waals surface area contributed by atoms with Crippen LogP contribution >= 0.6 is 11.3 Å². The van der Waals surface area contributed by atoms with Gasteiger partial charge in [-0.25, -0.2) is 9.78 Å². The Balaban J connectivity index is 1.45. The highest BCUT2D eigenvalue weighted by molar-refractivity contribution is 7.17. The lowest BCUT2D eigenvalue weighted by molar-refractivity contribution is -0.0138. The SMILES string of the molecule is CCOC(=O)c1sc(-c2ccc(O[C@H]3CO[C@H]4[C@@H]3OC[C@@H]4OC)c(-n3cnnn3)c2)nc1C. The van der Waals surface area contributed by atoms with Crippen molar-refractivity contribution >= 4 is 17.3 Å². The van der Waals surface area contributed by atoms with Crippen molar-refractivity contribution < 1.29 is 28.5 Å². The van der Waals surface area contributed by atoms with Crippen LogP contribution < -0.4 is 4.74 Å². The van der Waals surface area contributed by atoms with Gasteiger partial charge < -0.3 is 23.7 Å². The van der Waals surface area contributed by atoms with Crippen molar-refractivity contribution in [1.29, 1.82) is 0 Å². The Hall–Kier alpha value is -2.93. The van der Waals surface area contributed by atoms with Gasteiger partial charge in [0.1, 0.15) is 46.0 Å². The first kappa shape index (κ1) is 21.9. The molecule has 1 aromatic carbocycles. The average Bonchev–Trinajstić information content (AvgIpc) is 3.60. The zero-order chi connectivity index (χ0) is 22.9. The van der Waals surface area contributed by atoms with Gasteiger partial charge >= 0.3 is 5.97 Å². The normalized spacial score (nSPS) is 24.1. The molecule has 0 saturated carbocycles. The molecule has 2 saturated heterocycles. The predicted octanol–water partition coefficient (Wildman–Crippen LogP) is 1.83. The van der Waals surface area contributed by atoms with Gasteiger partial charge in [-0.3, -0.25) is 0 Å². The minimum atomic E-state index is -0.374. The zero-order valence-corrected chi connectivity index (χ0v) is 19.2. The number of methoxy groups -OCH3 is 1. The molecule has 0 bridgehead atoms. The smallest absolute Gasteiger partial charge is 0.350 e. The highest BCUT2D eigenvalue weighted by Gasteiger charge is 2.49. The minimum absolute atomic E-state index is 0.105. The van der Waals surface area contributed by atoms with Crippen molar-refractivity contribution in [3.8, 4) is 22.0 Å². The molecule has 174 valence electrons. The maximum Gasteiger partial charge on any atom is 0.350 e. The van der Waals surface area contributed by atoms with Gasteiger partial charge in [0, 0.05) is 12.7 Å². The van der Waals surface area contributed by atoms with E-state index in [9.17, 15) is 4.79 Å². The van der Waals surface area contributed by atoms with Gasteiger partial charge in [-0.05, 0) is 42.5 Å². The van der Waals surface area contributed by atoms with Crippen LogP contribution in [0.25, 0.3) is 16.3 Å². The van der Waals surface area contributed by atoms with Gasteiger partial charge in [0.2, 0.25) is 0 Å². The Bertz CT molecular complexity index is 1140. The summed E-state index contributed by atoms with van der Waals surface area (Å²) in [4.78, 5) is 17.3. The predicted molar refractivity (Wildman–Crippen MR) is 116 cm³/mol. The molecule has 12 heteroatoms. The van der Waals surface area contributed by atoms with Crippen molar-refractivity contribution in [2.24, 2.45) is 0 Å². The maximum atomic E-state index is 12.2. The summed E-state index contributed by atoms with van der Waals surface area (Å²) < 4.78 is 30.2. The fraction of sp³-hybridized carbons (Fsp3) is 0.476. The monoisotopic (exact) mass is 473 g/mol. The Morgan fingerprint density at radius 1 is 1.24 bits per heavy atom. The third kappa shape index (κ3) is 4.10. The number of esters is 1. The van der Waals surface area contributed by atoms with E-state index in [0.717, 1.165) is 5.56 Å². The van der Waals surface area contributed by atoms with Crippen molar-refractivity contribution in [3.05, 3.63) is 35.1 Å². The summed E-state index contributed by atoms with van der Waals surface area (Å²) in [5.41, 5.74) is 2.05. The number of aryl methyl sites for hydroxylation is 1. The topological polar surface area (TPSA) is 120 Å². The number of carbonyl (C=O) groups excluding carboxylic acids is 1. The lowest BCUT2D eigenvalue weighted by Crippen LogP contribution is -2.35. The van der Waals surface area contributed by atoms with E-state index in [2.05, 4.69) is 20.5 Å². The summed E-state index contributed by atoms with van der Waals surface area (Å²) in [6.07, 6.45) is 0.713. The minimum Gasteiger partial charge on any atom is -0.483 e. The summed E-state index contributed by atoms with van der Waals surface area (Å²) >= 11 is 1.28. The van der Waals surface area contributed by atoms with Gasteiger partial charge in [-0.15, -0.1) is 16.4 Å². The molecule has 33 heavy (non-hydrogen) atoms. The molecule has 0 aliphatic carbocycles. The number of benzene rings is 1. The standard InChI is InChI=1S/C21H23N5O6S/c1-4-29-21(27)19-11(2)23-20(33-19)12-5-6-14(13(7-12)26-10-22-24-25-26)32-16-9-31-17-15(28-3)8-30-18(16)17/h5-7,10,15-18H,4,8-9H2,1-3H3/t15-,16-,17+,18+/m0/s1. The molecule has 2 fully saturated rings. The van der Waals surface area contributed by atoms with E-state index in [4.69, 9.17) is 23.7 Å². The van der Waals surface area contributed by atoms with Crippen LogP contribution in [0, 0.1) is 6.92 Å². The molecule has 3 aromatic rings. The molecule has 0 amide bonds. The fourth-order valence-electron chi connectivity index (χ4n) is 4.00. The Morgan fingerprint density at radius 2 is 2.03 bits per heavy atom. The highest BCUT2D eigenvalue weighted by Crippen LogP contribution is 2.36. The first-order valence-electron chi connectivity index (χ1n) is 10.5. The van der Waals surface area contributed by atoms with Crippen LogP contribution in [0.4, 0.5) is 0 Å². The van der Waals surface area contributed by atoms with E-state index < -0.39 is 0 Å². The molecule has 0 radical (unpaired) electrons. The summed E-state index contributed by atoms with van der Waals surface area (Å²) in [5.74, 6) is 0.199. The van der Waals surface area contributed by atoms with Crippen LogP contribution in [-0.4, -0.2) is 82.5 Å². The van der Waals surface area contributed by atoms with Crippen molar-refractivity contribution in [2.45, 2.75) is 38.3 Å². The quantitative estimate of drug-likeness (QED) is 0.470. The maximum absolute atomic E-state index is 12.2. The molecule has 4 atom stereocenters. The van der Waals surface area contributed by atoms with E-state index in [1.807, 2.05) is 18.2 Å². The molecule has 0 spiro atoms. The van der Waals surface area contributed by atoms with E-state index >= 15 is 0 Å². The average molecular weight is 474 g/mol. The molecular weight excluding hydrogens is 450 g/mol.